The van der Waals surface area contributed by atoms with Crippen molar-refractivity contribution in [2.75, 3.05) is 38.6 Å². The van der Waals surface area contributed by atoms with Crippen LogP contribution in [0.15, 0.2) is 12.3 Å². The molecule has 1 atom stereocenters. The van der Waals surface area contributed by atoms with Crippen LogP contribution in [0.1, 0.15) is 5.69 Å². The van der Waals surface area contributed by atoms with E-state index in [9.17, 15) is 13.2 Å². The van der Waals surface area contributed by atoms with Gasteiger partial charge >= 0.3 is 6.18 Å². The van der Waals surface area contributed by atoms with Crippen molar-refractivity contribution in [3.8, 4) is 0 Å². The Balaban J connectivity index is 1.92. The molecular formula is C11H15F3N4O. The molecule has 2 rings (SSSR count). The van der Waals surface area contributed by atoms with E-state index in [1.807, 2.05) is 7.05 Å². The minimum absolute atomic E-state index is 0.0355. The van der Waals surface area contributed by atoms with Crippen LogP contribution in [0.3, 0.4) is 0 Å². The van der Waals surface area contributed by atoms with Crippen molar-refractivity contribution in [3.63, 3.8) is 0 Å². The first-order chi connectivity index (χ1) is 8.95. The molecule has 0 amide bonds. The number of morpholine rings is 1. The van der Waals surface area contributed by atoms with Gasteiger partial charge in [-0.2, -0.15) is 13.2 Å². The number of anilines is 1. The lowest BCUT2D eigenvalue weighted by atomic mass is 10.3. The molecule has 106 valence electrons. The molecule has 2 heterocycles. The molecule has 1 aliphatic rings. The molecule has 0 spiro atoms. The number of nitrogens with zero attached hydrogens (tertiary/aromatic N) is 3. The molecule has 0 bridgehead atoms. The minimum atomic E-state index is -4.46. The van der Waals surface area contributed by atoms with Gasteiger partial charge in [-0.25, -0.2) is 9.97 Å². The van der Waals surface area contributed by atoms with Gasteiger partial charge < -0.3 is 15.0 Å². The summed E-state index contributed by atoms with van der Waals surface area (Å²) < 4.78 is 42.9. The van der Waals surface area contributed by atoms with E-state index in [2.05, 4.69) is 20.2 Å². The third-order valence-electron chi connectivity index (χ3n) is 2.78. The van der Waals surface area contributed by atoms with E-state index in [0.29, 0.717) is 13.2 Å². The van der Waals surface area contributed by atoms with E-state index in [1.165, 1.54) is 0 Å². The molecule has 1 saturated heterocycles. The van der Waals surface area contributed by atoms with Crippen LogP contribution in [0.4, 0.5) is 19.1 Å². The fraction of sp³-hybridized carbons (Fsp3) is 0.636. The quantitative estimate of drug-likeness (QED) is 0.900. The average Bonchev–Trinajstić information content (AvgIpc) is 2.36. The summed E-state index contributed by atoms with van der Waals surface area (Å²) in [5.41, 5.74) is -0.952. The SMILES string of the molecule is CN1CCO[C@@H](CNc2nccc(C(F)(F)F)n2)C1. The van der Waals surface area contributed by atoms with Crippen LogP contribution in [-0.2, 0) is 10.9 Å². The molecular weight excluding hydrogens is 261 g/mol. The standard InChI is InChI=1S/C11H15F3N4O/c1-18-4-5-19-8(7-18)6-16-10-15-3-2-9(17-10)11(12,13)14/h2-3,8H,4-7H2,1H3,(H,15,16,17)/t8-/m0/s1. The van der Waals surface area contributed by atoms with Gasteiger partial charge in [0.25, 0.3) is 0 Å². The number of halogens is 3. The predicted molar refractivity (Wildman–Crippen MR) is 62.8 cm³/mol. The third-order valence-corrected chi connectivity index (χ3v) is 2.78. The van der Waals surface area contributed by atoms with Crippen LogP contribution in [0.25, 0.3) is 0 Å². The smallest absolute Gasteiger partial charge is 0.374 e. The molecule has 8 heteroatoms. The van der Waals surface area contributed by atoms with Crippen molar-refractivity contribution in [1.29, 1.82) is 0 Å². The molecule has 1 aromatic rings. The third kappa shape index (κ3) is 4.03. The van der Waals surface area contributed by atoms with Crippen molar-refractivity contribution < 1.29 is 17.9 Å². The summed E-state index contributed by atoms with van der Waals surface area (Å²) >= 11 is 0. The lowest BCUT2D eigenvalue weighted by Crippen LogP contribution is -2.43. The Labute approximate surface area is 108 Å². The van der Waals surface area contributed by atoms with Gasteiger partial charge in [0, 0.05) is 25.8 Å². The maximum Gasteiger partial charge on any atom is 0.433 e. The number of hydrogen-bond acceptors (Lipinski definition) is 5. The van der Waals surface area contributed by atoms with E-state index in [1.54, 1.807) is 0 Å². The highest BCUT2D eigenvalue weighted by molar-refractivity contribution is 5.26. The van der Waals surface area contributed by atoms with Gasteiger partial charge in [0.15, 0.2) is 0 Å². The minimum Gasteiger partial charge on any atom is -0.374 e. The lowest BCUT2D eigenvalue weighted by molar-refractivity contribution is -0.141. The average molecular weight is 276 g/mol. The van der Waals surface area contributed by atoms with Crippen LogP contribution in [-0.4, -0.2) is 54.3 Å². The first-order valence-corrected chi connectivity index (χ1v) is 5.89. The molecule has 1 fully saturated rings. The zero-order valence-electron chi connectivity index (χ0n) is 10.4. The highest BCUT2D eigenvalue weighted by atomic mass is 19.4. The number of alkyl halides is 3. The summed E-state index contributed by atoms with van der Waals surface area (Å²) in [7, 11) is 1.97. The Hall–Kier alpha value is -1.41. The molecule has 19 heavy (non-hydrogen) atoms. The van der Waals surface area contributed by atoms with Crippen LogP contribution in [0.5, 0.6) is 0 Å². The zero-order chi connectivity index (χ0) is 13.9. The molecule has 0 aliphatic carbocycles. The molecule has 1 aromatic heterocycles. The molecule has 1 aliphatic heterocycles. The van der Waals surface area contributed by atoms with Crippen molar-refractivity contribution >= 4 is 5.95 Å². The van der Waals surface area contributed by atoms with E-state index < -0.39 is 11.9 Å². The highest BCUT2D eigenvalue weighted by Crippen LogP contribution is 2.27. The maximum atomic E-state index is 12.5. The maximum absolute atomic E-state index is 12.5. The number of rotatable bonds is 3. The Morgan fingerprint density at radius 2 is 2.32 bits per heavy atom. The van der Waals surface area contributed by atoms with Crippen molar-refractivity contribution in [2.45, 2.75) is 12.3 Å². The topological polar surface area (TPSA) is 50.3 Å². The van der Waals surface area contributed by atoms with Gasteiger partial charge in [-0.05, 0) is 13.1 Å². The second-order valence-corrected chi connectivity index (χ2v) is 4.40. The summed E-state index contributed by atoms with van der Waals surface area (Å²) in [6, 6.07) is 0.843. The van der Waals surface area contributed by atoms with Gasteiger partial charge in [0.2, 0.25) is 5.95 Å². The summed E-state index contributed by atoms with van der Waals surface area (Å²) in [6.07, 6.45) is -3.44. The summed E-state index contributed by atoms with van der Waals surface area (Å²) in [4.78, 5) is 9.30. The first kappa shape index (κ1) is 14.0. The molecule has 0 unspecified atom stereocenters. The summed E-state index contributed by atoms with van der Waals surface area (Å²) in [5.74, 6) is -0.0355. The Morgan fingerprint density at radius 1 is 1.53 bits per heavy atom. The molecule has 0 saturated carbocycles. The van der Waals surface area contributed by atoms with Gasteiger partial charge in [-0.3, -0.25) is 0 Å². The number of aromatic nitrogens is 2. The normalized spacial score (nSPS) is 21.4. The lowest BCUT2D eigenvalue weighted by Gasteiger charge is -2.30. The van der Waals surface area contributed by atoms with Crippen LogP contribution in [0, 0.1) is 0 Å². The second-order valence-electron chi connectivity index (χ2n) is 4.40. The zero-order valence-corrected chi connectivity index (χ0v) is 10.4. The van der Waals surface area contributed by atoms with Gasteiger partial charge in [-0.1, -0.05) is 0 Å². The molecule has 0 radical (unpaired) electrons. The highest BCUT2D eigenvalue weighted by Gasteiger charge is 2.32. The number of hydrogen-bond donors (Lipinski definition) is 1. The van der Waals surface area contributed by atoms with Gasteiger partial charge in [-0.15, -0.1) is 0 Å². The fourth-order valence-corrected chi connectivity index (χ4v) is 1.80. The van der Waals surface area contributed by atoms with Gasteiger partial charge in [0.05, 0.1) is 12.7 Å². The number of likely N-dealkylation sites (N-methyl/N-ethyl adjacent to an activating group) is 1. The van der Waals surface area contributed by atoms with Crippen molar-refractivity contribution in [2.24, 2.45) is 0 Å². The summed E-state index contributed by atoms with van der Waals surface area (Å²) in [5, 5.41) is 2.77. The monoisotopic (exact) mass is 276 g/mol. The van der Waals surface area contributed by atoms with E-state index in [0.717, 1.165) is 25.4 Å². The Kier molecular flexibility index (Phi) is 4.20. The second kappa shape index (κ2) is 5.70. The first-order valence-electron chi connectivity index (χ1n) is 5.89. The van der Waals surface area contributed by atoms with Crippen LogP contribution < -0.4 is 5.32 Å². The Bertz CT molecular complexity index is 427. The van der Waals surface area contributed by atoms with Crippen LogP contribution in [0.2, 0.25) is 0 Å². The number of nitrogens with one attached hydrogen (secondary N) is 1. The number of ether oxygens (including phenoxy) is 1. The predicted octanol–water partition coefficient (Wildman–Crippen LogP) is 1.24. The van der Waals surface area contributed by atoms with E-state index >= 15 is 0 Å². The summed E-state index contributed by atoms with van der Waals surface area (Å²) in [6.45, 7) is 2.58. The largest absolute Gasteiger partial charge is 0.433 e. The Morgan fingerprint density at radius 3 is 3.00 bits per heavy atom. The molecule has 5 nitrogen and oxygen atoms in total. The molecule has 1 N–H and O–H groups in total. The van der Waals surface area contributed by atoms with Crippen molar-refractivity contribution in [1.82, 2.24) is 14.9 Å². The fourth-order valence-electron chi connectivity index (χ4n) is 1.80. The van der Waals surface area contributed by atoms with Crippen LogP contribution >= 0.6 is 0 Å². The van der Waals surface area contributed by atoms with E-state index in [4.69, 9.17) is 4.74 Å². The van der Waals surface area contributed by atoms with Gasteiger partial charge in [0.1, 0.15) is 5.69 Å². The van der Waals surface area contributed by atoms with E-state index in [-0.39, 0.29) is 12.1 Å². The molecule has 0 aromatic carbocycles. The van der Waals surface area contributed by atoms with Crippen molar-refractivity contribution in [3.05, 3.63) is 18.0 Å².